The molecule has 3 rings (SSSR count). The van der Waals surface area contributed by atoms with Gasteiger partial charge in [0.1, 0.15) is 12.9 Å². The minimum Gasteiger partial charge on any atom is -0.339 e. The van der Waals surface area contributed by atoms with Gasteiger partial charge in [0.15, 0.2) is 6.20 Å². The summed E-state index contributed by atoms with van der Waals surface area (Å²) >= 11 is 5.79. The molecule has 0 aliphatic heterocycles. The molecule has 0 saturated carbocycles. The van der Waals surface area contributed by atoms with Crippen molar-refractivity contribution in [3.05, 3.63) is 54.1 Å². The first-order chi connectivity index (χ1) is 9.24. The number of rotatable bonds is 2. The van der Waals surface area contributed by atoms with Gasteiger partial charge in [-0.25, -0.2) is 14.5 Å². The second-order valence-corrected chi connectivity index (χ2v) is 4.53. The van der Waals surface area contributed by atoms with Crippen LogP contribution in [0.5, 0.6) is 0 Å². The van der Waals surface area contributed by atoms with Crippen LogP contribution in [0.2, 0.25) is 5.28 Å². The maximum Gasteiger partial charge on any atom is 0.224 e. The molecule has 4 nitrogen and oxygen atoms in total. The van der Waals surface area contributed by atoms with Crippen LogP contribution in [0.25, 0.3) is 10.9 Å². The minimum absolute atomic E-state index is 0.232. The zero-order chi connectivity index (χ0) is 13.2. The van der Waals surface area contributed by atoms with Gasteiger partial charge in [-0.05, 0) is 29.8 Å². The Kier molecular flexibility index (Phi) is 3.01. The highest BCUT2D eigenvalue weighted by atomic mass is 35.5. The fraction of sp³-hybridized carbons (Fsp3) is 0.0714. The van der Waals surface area contributed by atoms with Crippen LogP contribution in [0.4, 0.5) is 11.5 Å². The van der Waals surface area contributed by atoms with E-state index < -0.39 is 0 Å². The summed E-state index contributed by atoms with van der Waals surface area (Å²) in [4.78, 5) is 8.00. The standard InChI is InChI=1S/C14H11ClN4/c1-19-9-3-4-10-11(5-2-6-12(10)19)17-13-7-8-16-14(15)18-13/h2-9H,1H3/p+1. The van der Waals surface area contributed by atoms with E-state index in [-0.39, 0.29) is 5.28 Å². The molecular formula is C14H12ClN4+. The number of fused-ring (bicyclic) bond motifs is 1. The van der Waals surface area contributed by atoms with E-state index >= 15 is 0 Å². The molecule has 94 valence electrons. The molecule has 0 saturated heterocycles. The van der Waals surface area contributed by atoms with Crippen molar-refractivity contribution in [1.29, 1.82) is 0 Å². The molecule has 0 aliphatic rings. The van der Waals surface area contributed by atoms with Crippen LogP contribution in [-0.2, 0) is 7.05 Å². The molecular weight excluding hydrogens is 260 g/mol. The third-order valence-electron chi connectivity index (χ3n) is 2.92. The summed E-state index contributed by atoms with van der Waals surface area (Å²) in [6.07, 6.45) is 3.65. The maximum absolute atomic E-state index is 5.79. The van der Waals surface area contributed by atoms with Crippen LogP contribution in [0.15, 0.2) is 48.8 Å². The van der Waals surface area contributed by atoms with Crippen molar-refractivity contribution >= 4 is 34.0 Å². The number of hydrogen-bond donors (Lipinski definition) is 1. The Labute approximate surface area is 115 Å². The zero-order valence-corrected chi connectivity index (χ0v) is 11.1. The zero-order valence-electron chi connectivity index (χ0n) is 10.3. The number of aromatic nitrogens is 3. The highest BCUT2D eigenvalue weighted by Crippen LogP contribution is 2.23. The van der Waals surface area contributed by atoms with Crippen LogP contribution < -0.4 is 9.88 Å². The molecule has 3 aromatic rings. The molecule has 0 unspecified atom stereocenters. The minimum atomic E-state index is 0.232. The van der Waals surface area contributed by atoms with E-state index in [2.05, 4.69) is 32.0 Å². The summed E-state index contributed by atoms with van der Waals surface area (Å²) in [5.41, 5.74) is 2.14. The molecule has 0 aliphatic carbocycles. The molecule has 2 heterocycles. The first-order valence-electron chi connectivity index (χ1n) is 5.87. The number of benzene rings is 1. The summed E-state index contributed by atoms with van der Waals surface area (Å²) in [5, 5.41) is 4.63. The summed E-state index contributed by atoms with van der Waals surface area (Å²) in [6.45, 7) is 0. The van der Waals surface area contributed by atoms with Crippen molar-refractivity contribution in [3.63, 3.8) is 0 Å². The van der Waals surface area contributed by atoms with Crippen molar-refractivity contribution in [1.82, 2.24) is 9.97 Å². The molecule has 0 amide bonds. The van der Waals surface area contributed by atoms with Gasteiger partial charge in [0.05, 0.1) is 11.1 Å². The topological polar surface area (TPSA) is 41.7 Å². The molecule has 0 atom stereocenters. The van der Waals surface area contributed by atoms with Crippen LogP contribution in [0.1, 0.15) is 0 Å². The molecule has 2 aromatic heterocycles. The molecule has 0 spiro atoms. The molecule has 0 radical (unpaired) electrons. The second-order valence-electron chi connectivity index (χ2n) is 4.19. The predicted molar refractivity (Wildman–Crippen MR) is 75.4 cm³/mol. The Hall–Kier alpha value is -2.20. The van der Waals surface area contributed by atoms with Crippen LogP contribution in [0.3, 0.4) is 0 Å². The number of nitrogens with zero attached hydrogens (tertiary/aromatic N) is 3. The first kappa shape index (κ1) is 11.9. The smallest absolute Gasteiger partial charge is 0.224 e. The third-order valence-corrected chi connectivity index (χ3v) is 3.11. The fourth-order valence-corrected chi connectivity index (χ4v) is 2.18. The third kappa shape index (κ3) is 2.35. The lowest BCUT2D eigenvalue weighted by atomic mass is 10.1. The number of anilines is 2. The van der Waals surface area contributed by atoms with Crippen LogP contribution in [0, 0.1) is 0 Å². The van der Waals surface area contributed by atoms with Gasteiger partial charge in [-0.3, -0.25) is 0 Å². The van der Waals surface area contributed by atoms with E-state index in [1.165, 1.54) is 0 Å². The van der Waals surface area contributed by atoms with Crippen molar-refractivity contribution in [2.45, 2.75) is 0 Å². The molecule has 19 heavy (non-hydrogen) atoms. The van der Waals surface area contributed by atoms with E-state index in [1.807, 2.05) is 31.4 Å². The number of nitrogens with one attached hydrogen (secondary N) is 1. The van der Waals surface area contributed by atoms with E-state index in [1.54, 1.807) is 12.3 Å². The van der Waals surface area contributed by atoms with E-state index in [4.69, 9.17) is 11.6 Å². The average molecular weight is 272 g/mol. The molecule has 0 bridgehead atoms. The van der Waals surface area contributed by atoms with E-state index in [9.17, 15) is 0 Å². The van der Waals surface area contributed by atoms with Crippen molar-refractivity contribution in [2.24, 2.45) is 7.05 Å². The summed E-state index contributed by atoms with van der Waals surface area (Å²) < 4.78 is 2.08. The number of halogens is 1. The average Bonchev–Trinajstić information content (AvgIpc) is 2.40. The Bertz CT molecular complexity index is 742. The Morgan fingerprint density at radius 3 is 2.89 bits per heavy atom. The van der Waals surface area contributed by atoms with Gasteiger partial charge in [-0.15, -0.1) is 0 Å². The second kappa shape index (κ2) is 4.82. The van der Waals surface area contributed by atoms with Gasteiger partial charge >= 0.3 is 0 Å². The normalized spacial score (nSPS) is 10.6. The quantitative estimate of drug-likeness (QED) is 0.576. The van der Waals surface area contributed by atoms with Gasteiger partial charge in [-0.2, -0.15) is 0 Å². The lowest BCUT2D eigenvalue weighted by Crippen LogP contribution is -2.27. The summed E-state index contributed by atoms with van der Waals surface area (Å²) in [7, 11) is 2.02. The molecule has 1 aromatic carbocycles. The number of aryl methyl sites for hydroxylation is 1. The van der Waals surface area contributed by atoms with Gasteiger partial charge in [0.2, 0.25) is 10.8 Å². The van der Waals surface area contributed by atoms with Gasteiger partial charge in [0, 0.05) is 18.3 Å². The van der Waals surface area contributed by atoms with Crippen LogP contribution >= 0.6 is 11.6 Å². The predicted octanol–water partition coefficient (Wildman–Crippen LogP) is 2.85. The Balaban J connectivity index is 2.08. The fourth-order valence-electron chi connectivity index (χ4n) is 2.04. The molecule has 1 N–H and O–H groups in total. The van der Waals surface area contributed by atoms with Crippen molar-refractivity contribution < 1.29 is 4.57 Å². The largest absolute Gasteiger partial charge is 0.339 e. The maximum atomic E-state index is 5.79. The molecule has 5 heteroatoms. The lowest BCUT2D eigenvalue weighted by Gasteiger charge is -2.07. The van der Waals surface area contributed by atoms with E-state index in [0.29, 0.717) is 5.82 Å². The number of hydrogen-bond acceptors (Lipinski definition) is 3. The van der Waals surface area contributed by atoms with Gasteiger partial charge in [0.25, 0.3) is 0 Å². The number of pyridine rings is 1. The van der Waals surface area contributed by atoms with Crippen molar-refractivity contribution in [2.75, 3.05) is 5.32 Å². The van der Waals surface area contributed by atoms with Crippen LogP contribution in [-0.4, -0.2) is 9.97 Å². The highest BCUT2D eigenvalue weighted by molar-refractivity contribution is 6.28. The van der Waals surface area contributed by atoms with Gasteiger partial charge in [-0.1, -0.05) is 6.07 Å². The molecule has 0 fully saturated rings. The van der Waals surface area contributed by atoms with E-state index in [0.717, 1.165) is 16.6 Å². The lowest BCUT2D eigenvalue weighted by molar-refractivity contribution is -0.644. The summed E-state index contributed by atoms with van der Waals surface area (Å²) in [5.74, 6) is 0.680. The van der Waals surface area contributed by atoms with Crippen molar-refractivity contribution in [3.8, 4) is 0 Å². The Morgan fingerprint density at radius 2 is 2.05 bits per heavy atom. The first-order valence-corrected chi connectivity index (χ1v) is 6.25. The monoisotopic (exact) mass is 271 g/mol. The van der Waals surface area contributed by atoms with Gasteiger partial charge < -0.3 is 5.32 Å². The SMILES string of the molecule is C[n+]1cccc2c(Nc3ccnc(Cl)n3)cccc21. The summed E-state index contributed by atoms with van der Waals surface area (Å²) in [6, 6.07) is 12.0. The highest BCUT2D eigenvalue weighted by Gasteiger charge is 2.08. The Morgan fingerprint density at radius 1 is 1.16 bits per heavy atom.